The summed E-state index contributed by atoms with van der Waals surface area (Å²) >= 11 is 0. The molecule has 1 fully saturated rings. The lowest BCUT2D eigenvalue weighted by molar-refractivity contribution is -0.141. The van der Waals surface area contributed by atoms with E-state index in [9.17, 15) is 14.4 Å². The Morgan fingerprint density at radius 2 is 1.96 bits per heavy atom. The Morgan fingerprint density at radius 1 is 1.20 bits per heavy atom. The van der Waals surface area contributed by atoms with Crippen molar-refractivity contribution in [1.82, 2.24) is 4.90 Å². The molecule has 3 rings (SSSR count). The SMILES string of the molecule is CC(=O)N1c2ccccc2C[C@H]1C(=O)N1CCCC[C@H]1CCC(=O)O. The Bertz CT molecular complexity index is 688. The van der Waals surface area contributed by atoms with E-state index in [4.69, 9.17) is 5.11 Å². The molecule has 134 valence electrons. The van der Waals surface area contributed by atoms with Crippen LogP contribution >= 0.6 is 0 Å². The smallest absolute Gasteiger partial charge is 0.303 e. The van der Waals surface area contributed by atoms with Crippen LogP contribution in [-0.4, -0.2) is 46.4 Å². The van der Waals surface area contributed by atoms with Crippen molar-refractivity contribution in [3.8, 4) is 0 Å². The van der Waals surface area contributed by atoms with Gasteiger partial charge in [-0.1, -0.05) is 18.2 Å². The van der Waals surface area contributed by atoms with Crippen molar-refractivity contribution in [3.05, 3.63) is 29.8 Å². The minimum atomic E-state index is -0.836. The molecule has 1 aromatic carbocycles. The van der Waals surface area contributed by atoms with E-state index in [0.29, 0.717) is 19.4 Å². The van der Waals surface area contributed by atoms with E-state index in [0.717, 1.165) is 30.5 Å². The van der Waals surface area contributed by atoms with Gasteiger partial charge in [-0.15, -0.1) is 0 Å². The van der Waals surface area contributed by atoms with E-state index in [1.807, 2.05) is 29.2 Å². The van der Waals surface area contributed by atoms with Crippen LogP contribution in [0.1, 0.15) is 44.6 Å². The maximum atomic E-state index is 13.2. The standard InChI is InChI=1S/C19H24N2O4/c1-13(22)21-16-8-3-2-6-14(16)12-17(21)19(25)20-11-5-4-7-15(20)9-10-18(23)24/h2-3,6,8,15,17H,4-5,7,9-12H2,1H3,(H,23,24)/t15-,17-/m0/s1. The highest BCUT2D eigenvalue weighted by atomic mass is 16.4. The first-order valence-corrected chi connectivity index (χ1v) is 8.89. The maximum absolute atomic E-state index is 13.2. The molecule has 0 radical (unpaired) electrons. The van der Waals surface area contributed by atoms with Gasteiger partial charge >= 0.3 is 5.97 Å². The highest BCUT2D eigenvalue weighted by molar-refractivity contribution is 6.02. The van der Waals surface area contributed by atoms with Crippen molar-refractivity contribution >= 4 is 23.5 Å². The summed E-state index contributed by atoms with van der Waals surface area (Å²) in [6.45, 7) is 2.13. The molecular formula is C19H24N2O4. The van der Waals surface area contributed by atoms with Crippen LogP contribution in [-0.2, 0) is 20.8 Å². The van der Waals surface area contributed by atoms with E-state index in [1.54, 1.807) is 4.90 Å². The number of hydrogen-bond donors (Lipinski definition) is 1. The number of anilines is 1. The third kappa shape index (κ3) is 3.52. The van der Waals surface area contributed by atoms with E-state index >= 15 is 0 Å². The Morgan fingerprint density at radius 3 is 2.68 bits per heavy atom. The molecular weight excluding hydrogens is 320 g/mol. The topological polar surface area (TPSA) is 77.9 Å². The molecule has 1 N–H and O–H groups in total. The fourth-order valence-electron chi connectivity index (χ4n) is 4.05. The number of aliphatic carboxylic acids is 1. The second-order valence-electron chi connectivity index (χ2n) is 6.85. The summed E-state index contributed by atoms with van der Waals surface area (Å²) in [5.74, 6) is -1.03. The number of carboxylic acids is 1. The van der Waals surface area contributed by atoms with Crippen LogP contribution < -0.4 is 4.90 Å². The molecule has 1 aromatic rings. The van der Waals surface area contributed by atoms with Crippen LogP contribution in [0.2, 0.25) is 0 Å². The molecule has 2 amide bonds. The molecule has 2 heterocycles. The van der Waals surface area contributed by atoms with Crippen LogP contribution in [0.5, 0.6) is 0 Å². The fourth-order valence-corrected chi connectivity index (χ4v) is 4.05. The summed E-state index contributed by atoms with van der Waals surface area (Å²) in [5, 5.41) is 8.96. The number of amides is 2. The predicted octanol–water partition coefficient (Wildman–Crippen LogP) is 2.21. The van der Waals surface area contributed by atoms with Crippen LogP contribution in [0.25, 0.3) is 0 Å². The van der Waals surface area contributed by atoms with Crippen molar-refractivity contribution < 1.29 is 19.5 Å². The summed E-state index contributed by atoms with van der Waals surface area (Å²) in [6.07, 6.45) is 3.83. The van der Waals surface area contributed by atoms with Crippen LogP contribution in [0.4, 0.5) is 5.69 Å². The fraction of sp³-hybridized carbons (Fsp3) is 0.526. The molecule has 2 aliphatic heterocycles. The van der Waals surface area contributed by atoms with Gasteiger partial charge in [-0.3, -0.25) is 19.3 Å². The van der Waals surface area contributed by atoms with Gasteiger partial charge in [0.1, 0.15) is 6.04 Å². The van der Waals surface area contributed by atoms with Crippen molar-refractivity contribution in [2.75, 3.05) is 11.4 Å². The van der Waals surface area contributed by atoms with E-state index in [-0.39, 0.29) is 24.3 Å². The highest BCUT2D eigenvalue weighted by Gasteiger charge is 2.40. The molecule has 6 heteroatoms. The summed E-state index contributed by atoms with van der Waals surface area (Å²) < 4.78 is 0. The number of fused-ring (bicyclic) bond motifs is 1. The minimum Gasteiger partial charge on any atom is -0.481 e. The average molecular weight is 344 g/mol. The molecule has 25 heavy (non-hydrogen) atoms. The number of piperidine rings is 1. The van der Waals surface area contributed by atoms with Gasteiger partial charge in [-0.05, 0) is 37.3 Å². The summed E-state index contributed by atoms with van der Waals surface area (Å²) in [7, 11) is 0. The molecule has 0 bridgehead atoms. The normalized spacial score (nSPS) is 22.6. The van der Waals surface area contributed by atoms with Crippen molar-refractivity contribution in [3.63, 3.8) is 0 Å². The number of hydrogen-bond acceptors (Lipinski definition) is 3. The number of carbonyl (C=O) groups is 3. The van der Waals surface area contributed by atoms with Gasteiger partial charge in [0.05, 0.1) is 0 Å². The monoisotopic (exact) mass is 344 g/mol. The third-order valence-corrected chi connectivity index (χ3v) is 5.20. The summed E-state index contributed by atoms with van der Waals surface area (Å²) in [5.41, 5.74) is 1.82. The molecule has 2 aliphatic rings. The highest BCUT2D eigenvalue weighted by Crippen LogP contribution is 2.34. The Hall–Kier alpha value is -2.37. The number of likely N-dealkylation sites (tertiary alicyclic amines) is 1. The van der Waals surface area contributed by atoms with Crippen LogP contribution in [0, 0.1) is 0 Å². The Labute approximate surface area is 147 Å². The quantitative estimate of drug-likeness (QED) is 0.908. The first-order chi connectivity index (χ1) is 12.0. The van der Waals surface area contributed by atoms with Crippen molar-refractivity contribution in [1.29, 1.82) is 0 Å². The van der Waals surface area contributed by atoms with E-state index < -0.39 is 12.0 Å². The van der Waals surface area contributed by atoms with Crippen molar-refractivity contribution in [2.45, 2.75) is 57.5 Å². The Kier molecular flexibility index (Phi) is 5.06. The number of carboxylic acid groups (broad SMARTS) is 1. The minimum absolute atomic E-state index is 0.0464. The largest absolute Gasteiger partial charge is 0.481 e. The lowest BCUT2D eigenvalue weighted by atomic mass is 9.96. The molecule has 0 aliphatic carbocycles. The maximum Gasteiger partial charge on any atom is 0.303 e. The molecule has 6 nitrogen and oxygen atoms in total. The van der Waals surface area contributed by atoms with E-state index in [2.05, 4.69) is 0 Å². The van der Waals surface area contributed by atoms with Gasteiger partial charge in [0, 0.05) is 38.0 Å². The number of rotatable bonds is 4. The Balaban J connectivity index is 1.81. The van der Waals surface area contributed by atoms with Gasteiger partial charge in [0.15, 0.2) is 0 Å². The number of carbonyl (C=O) groups excluding carboxylic acids is 2. The predicted molar refractivity (Wildman–Crippen MR) is 93.3 cm³/mol. The summed E-state index contributed by atoms with van der Waals surface area (Å²) in [6, 6.07) is 7.06. The lowest BCUT2D eigenvalue weighted by Crippen LogP contribution is -2.53. The van der Waals surface area contributed by atoms with Gasteiger partial charge < -0.3 is 10.0 Å². The average Bonchev–Trinajstić information content (AvgIpc) is 2.99. The lowest BCUT2D eigenvalue weighted by Gasteiger charge is -2.38. The number of para-hydroxylation sites is 1. The molecule has 0 unspecified atom stereocenters. The second kappa shape index (κ2) is 7.25. The van der Waals surface area contributed by atoms with Gasteiger partial charge in [-0.25, -0.2) is 0 Å². The first-order valence-electron chi connectivity index (χ1n) is 8.89. The van der Waals surface area contributed by atoms with Gasteiger partial charge in [0.2, 0.25) is 11.8 Å². The molecule has 1 saturated heterocycles. The first kappa shape index (κ1) is 17.5. The zero-order valence-corrected chi connectivity index (χ0v) is 14.5. The molecule has 0 saturated carbocycles. The zero-order chi connectivity index (χ0) is 18.0. The molecule has 0 aromatic heterocycles. The van der Waals surface area contributed by atoms with Gasteiger partial charge in [-0.2, -0.15) is 0 Å². The zero-order valence-electron chi connectivity index (χ0n) is 14.5. The van der Waals surface area contributed by atoms with Crippen LogP contribution in [0.15, 0.2) is 24.3 Å². The third-order valence-electron chi connectivity index (χ3n) is 5.20. The molecule has 0 spiro atoms. The van der Waals surface area contributed by atoms with Crippen molar-refractivity contribution in [2.24, 2.45) is 0 Å². The molecule has 2 atom stereocenters. The number of nitrogens with zero attached hydrogens (tertiary/aromatic N) is 2. The summed E-state index contributed by atoms with van der Waals surface area (Å²) in [4.78, 5) is 39.7. The van der Waals surface area contributed by atoms with Gasteiger partial charge in [0.25, 0.3) is 0 Å². The van der Waals surface area contributed by atoms with E-state index in [1.165, 1.54) is 6.92 Å². The number of benzene rings is 1. The van der Waals surface area contributed by atoms with Crippen LogP contribution in [0.3, 0.4) is 0 Å². The second-order valence-corrected chi connectivity index (χ2v) is 6.85.